The summed E-state index contributed by atoms with van der Waals surface area (Å²) >= 11 is 14.5. The van der Waals surface area contributed by atoms with Gasteiger partial charge < -0.3 is 10.6 Å². The average molecular weight is 572 g/mol. The van der Waals surface area contributed by atoms with Crippen LogP contribution in [0.4, 0.5) is 0 Å². The van der Waals surface area contributed by atoms with Gasteiger partial charge in [0, 0.05) is 29.2 Å². The second-order valence-corrected chi connectivity index (χ2v) is 11.5. The fraction of sp³-hybridized carbons (Fsp3) is 0.280. The average Bonchev–Trinajstić information content (AvgIpc) is 3.52. The highest BCUT2D eigenvalue weighted by Gasteiger charge is 2.25. The first kappa shape index (κ1) is 28.5. The lowest BCUT2D eigenvalue weighted by Crippen LogP contribution is -2.20. The molecule has 0 unspecified atom stereocenters. The Bertz CT molecular complexity index is 1390. The van der Waals surface area contributed by atoms with Gasteiger partial charge in [-0.2, -0.15) is 10.5 Å². The van der Waals surface area contributed by atoms with Crippen LogP contribution < -0.4 is 10.6 Å². The fourth-order valence-electron chi connectivity index (χ4n) is 2.90. The fourth-order valence-corrected chi connectivity index (χ4v) is 5.30. The standard InChI is InChI=1S/C13H13ClN4S.C12H11ClN4S/c1-13(2,3)10-7-19-11(18-10)8(6-15)9-4-5-16-12(14)17-9;1-7(2)10-6-18-11(16-10)8(5-14)9-3-4-15-12(13)17-9/h4-5,7,18H,1-3H3;3-4,6-7,16H,1-2H3. The zero-order valence-corrected chi connectivity index (χ0v) is 23.9. The van der Waals surface area contributed by atoms with E-state index in [-0.39, 0.29) is 16.0 Å². The van der Waals surface area contributed by atoms with E-state index in [4.69, 9.17) is 23.2 Å². The third kappa shape index (κ3) is 7.50. The third-order valence-electron chi connectivity index (χ3n) is 4.98. The van der Waals surface area contributed by atoms with Crippen LogP contribution in [-0.2, 0) is 0 Å². The summed E-state index contributed by atoms with van der Waals surface area (Å²) in [7, 11) is 0. The van der Waals surface area contributed by atoms with Crippen LogP contribution in [0.5, 0.6) is 0 Å². The molecule has 12 heteroatoms. The van der Waals surface area contributed by atoms with E-state index in [9.17, 15) is 10.5 Å². The number of hydrogen-bond donors (Lipinski definition) is 2. The minimum Gasteiger partial charge on any atom is -0.352 e. The summed E-state index contributed by atoms with van der Waals surface area (Å²) in [6.45, 7) is 10.5. The number of aromatic nitrogens is 4. The highest BCUT2D eigenvalue weighted by atomic mass is 35.5. The van der Waals surface area contributed by atoms with Crippen molar-refractivity contribution < 1.29 is 0 Å². The Morgan fingerprint density at radius 3 is 1.73 bits per heavy atom. The lowest BCUT2D eigenvalue weighted by Gasteiger charge is -2.20. The second-order valence-electron chi connectivity index (χ2n) is 9.05. The molecule has 2 aliphatic rings. The smallest absolute Gasteiger partial charge is 0.222 e. The quantitative estimate of drug-likeness (QED) is 0.304. The van der Waals surface area contributed by atoms with E-state index in [0.717, 1.165) is 21.5 Å². The summed E-state index contributed by atoms with van der Waals surface area (Å²) in [5.41, 5.74) is 4.22. The minimum atomic E-state index is 0.0125. The molecule has 0 spiro atoms. The first-order chi connectivity index (χ1) is 17.5. The van der Waals surface area contributed by atoms with E-state index in [2.05, 4.69) is 77.3 Å². The summed E-state index contributed by atoms with van der Waals surface area (Å²) < 4.78 is 0. The largest absolute Gasteiger partial charge is 0.352 e. The predicted octanol–water partition coefficient (Wildman–Crippen LogP) is 6.70. The lowest BCUT2D eigenvalue weighted by molar-refractivity contribution is 0.481. The van der Waals surface area contributed by atoms with Gasteiger partial charge in [0.1, 0.15) is 23.3 Å². The van der Waals surface area contributed by atoms with Crippen molar-refractivity contribution in [2.45, 2.75) is 34.6 Å². The number of halogens is 2. The van der Waals surface area contributed by atoms with Gasteiger partial charge in [-0.3, -0.25) is 0 Å². The number of nitrogens with zero attached hydrogens (tertiary/aromatic N) is 6. The molecule has 2 aliphatic heterocycles. The first-order valence-electron chi connectivity index (χ1n) is 11.1. The molecule has 0 bridgehead atoms. The van der Waals surface area contributed by atoms with Gasteiger partial charge in [-0.15, -0.1) is 0 Å². The number of nitrogens with one attached hydrogen (secondary N) is 2. The van der Waals surface area contributed by atoms with Crippen molar-refractivity contribution >= 4 is 57.9 Å². The molecule has 2 aromatic heterocycles. The summed E-state index contributed by atoms with van der Waals surface area (Å²) in [5.74, 6) is 0.393. The van der Waals surface area contributed by atoms with Crippen molar-refractivity contribution in [3.8, 4) is 12.1 Å². The van der Waals surface area contributed by atoms with Gasteiger partial charge in [-0.1, -0.05) is 58.1 Å². The van der Waals surface area contributed by atoms with E-state index in [0.29, 0.717) is 28.5 Å². The summed E-state index contributed by atoms with van der Waals surface area (Å²) in [4.78, 5) is 15.8. The SMILES string of the molecule is CC(C)(C)C1=CSC(=C(C#N)c2ccnc(Cl)n2)N1.CC(C)C1=CSC(=C(C#N)c2ccnc(Cl)n2)N1. The third-order valence-corrected chi connectivity index (χ3v) is 7.15. The van der Waals surface area contributed by atoms with E-state index in [1.807, 2.05) is 10.8 Å². The monoisotopic (exact) mass is 570 g/mol. The first-order valence-corrected chi connectivity index (χ1v) is 13.6. The van der Waals surface area contributed by atoms with Crippen LogP contribution in [0.25, 0.3) is 11.1 Å². The number of rotatable bonds is 3. The van der Waals surface area contributed by atoms with Crippen molar-refractivity contribution in [2.24, 2.45) is 11.3 Å². The zero-order chi connectivity index (χ0) is 27.2. The summed E-state index contributed by atoms with van der Waals surface area (Å²) in [5, 5.41) is 31.0. The molecule has 8 nitrogen and oxygen atoms in total. The normalized spacial score (nSPS) is 17.4. The molecule has 0 saturated carbocycles. The highest BCUT2D eigenvalue weighted by Crippen LogP contribution is 2.37. The van der Waals surface area contributed by atoms with Crippen LogP contribution in [0.1, 0.15) is 46.0 Å². The van der Waals surface area contributed by atoms with Gasteiger partial charge in [0.15, 0.2) is 0 Å². The molecule has 0 saturated heterocycles. The van der Waals surface area contributed by atoms with Gasteiger partial charge >= 0.3 is 0 Å². The van der Waals surface area contributed by atoms with Gasteiger partial charge in [0.05, 0.1) is 21.4 Å². The van der Waals surface area contributed by atoms with E-state index in [1.54, 1.807) is 24.5 Å². The Morgan fingerprint density at radius 1 is 0.865 bits per heavy atom. The highest BCUT2D eigenvalue weighted by molar-refractivity contribution is 8.06. The van der Waals surface area contributed by atoms with Crippen molar-refractivity contribution in [1.82, 2.24) is 30.6 Å². The minimum absolute atomic E-state index is 0.0125. The van der Waals surface area contributed by atoms with Gasteiger partial charge in [0.25, 0.3) is 0 Å². The van der Waals surface area contributed by atoms with Crippen LogP contribution in [0.3, 0.4) is 0 Å². The molecule has 4 heterocycles. The van der Waals surface area contributed by atoms with Crippen LogP contribution in [0.2, 0.25) is 10.6 Å². The molecule has 0 aromatic carbocycles. The van der Waals surface area contributed by atoms with E-state index in [1.165, 1.54) is 23.5 Å². The Morgan fingerprint density at radius 2 is 1.35 bits per heavy atom. The van der Waals surface area contributed by atoms with Gasteiger partial charge in [0.2, 0.25) is 10.6 Å². The summed E-state index contributed by atoms with van der Waals surface area (Å²) in [6.07, 6.45) is 3.08. The zero-order valence-electron chi connectivity index (χ0n) is 20.8. The Hall–Kier alpha value is -3.02. The van der Waals surface area contributed by atoms with Crippen molar-refractivity contribution in [2.75, 3.05) is 0 Å². The number of thioether (sulfide) groups is 2. The maximum Gasteiger partial charge on any atom is 0.222 e. The van der Waals surface area contributed by atoms with Crippen molar-refractivity contribution in [3.63, 3.8) is 0 Å². The maximum atomic E-state index is 9.33. The molecule has 2 N–H and O–H groups in total. The predicted molar refractivity (Wildman–Crippen MR) is 151 cm³/mol. The number of nitriles is 2. The number of hydrogen-bond acceptors (Lipinski definition) is 10. The van der Waals surface area contributed by atoms with Crippen molar-refractivity contribution in [1.29, 1.82) is 10.5 Å². The van der Waals surface area contributed by atoms with E-state index >= 15 is 0 Å². The van der Waals surface area contributed by atoms with E-state index < -0.39 is 0 Å². The topological polar surface area (TPSA) is 123 Å². The van der Waals surface area contributed by atoms with Crippen molar-refractivity contribution in [3.05, 3.63) is 78.7 Å². The Labute approximate surface area is 235 Å². The molecule has 0 radical (unpaired) electrons. The number of allylic oxidation sites excluding steroid dienone is 4. The molecule has 4 rings (SSSR count). The summed E-state index contributed by atoms with van der Waals surface area (Å²) in [6, 6.07) is 7.68. The Balaban J connectivity index is 0.000000206. The van der Waals surface area contributed by atoms with Gasteiger partial charge in [-0.25, -0.2) is 19.9 Å². The molecular formula is C25H24Cl2N8S2. The molecule has 0 fully saturated rings. The molecule has 0 aliphatic carbocycles. The Kier molecular flexibility index (Phi) is 9.63. The van der Waals surface area contributed by atoms with Crippen LogP contribution in [0, 0.1) is 34.0 Å². The lowest BCUT2D eigenvalue weighted by atomic mass is 9.93. The molecule has 0 atom stereocenters. The second kappa shape index (κ2) is 12.5. The van der Waals surface area contributed by atoms with Crippen LogP contribution in [0.15, 0.2) is 56.8 Å². The molecule has 37 heavy (non-hydrogen) atoms. The molecular weight excluding hydrogens is 547 g/mol. The molecule has 0 amide bonds. The van der Waals surface area contributed by atoms with Crippen LogP contribution >= 0.6 is 46.7 Å². The molecule has 190 valence electrons. The molecule has 2 aromatic rings. The van der Waals surface area contributed by atoms with Gasteiger partial charge in [-0.05, 0) is 52.1 Å². The van der Waals surface area contributed by atoms with Crippen LogP contribution in [-0.4, -0.2) is 19.9 Å². The maximum absolute atomic E-state index is 9.33.